The van der Waals surface area contributed by atoms with Crippen molar-refractivity contribution in [2.75, 3.05) is 24.1 Å². The van der Waals surface area contributed by atoms with E-state index in [0.29, 0.717) is 24.0 Å². The first-order valence-corrected chi connectivity index (χ1v) is 7.50. The van der Waals surface area contributed by atoms with Crippen LogP contribution in [0.5, 0.6) is 0 Å². The topological polar surface area (TPSA) is 58.4 Å². The van der Waals surface area contributed by atoms with Gasteiger partial charge in [-0.3, -0.25) is 9.69 Å². The number of aryl methyl sites for hydroxylation is 1. The first kappa shape index (κ1) is 14.9. The van der Waals surface area contributed by atoms with Crippen molar-refractivity contribution in [1.29, 1.82) is 0 Å². The third-order valence-electron chi connectivity index (χ3n) is 4.05. The number of carbonyl (C=O) groups excluding carboxylic acids is 1. The molecule has 0 bridgehead atoms. The Bertz CT molecular complexity index is 473. The molecule has 3 N–H and O–H groups in total. The van der Waals surface area contributed by atoms with Crippen LogP contribution in [0.3, 0.4) is 0 Å². The molecular weight excluding hydrogens is 250 g/mol. The summed E-state index contributed by atoms with van der Waals surface area (Å²) in [5.41, 5.74) is 8.37. The lowest BCUT2D eigenvalue weighted by atomic mass is 10.00. The molecule has 0 aliphatic carbocycles. The predicted molar refractivity (Wildman–Crippen MR) is 83.7 cm³/mol. The molecule has 0 aromatic heterocycles. The van der Waals surface area contributed by atoms with Gasteiger partial charge in [-0.15, -0.1) is 0 Å². The molecule has 1 amide bonds. The molecule has 1 atom stereocenters. The number of anilines is 2. The highest BCUT2D eigenvalue weighted by atomic mass is 16.2. The van der Waals surface area contributed by atoms with Crippen LogP contribution in [-0.4, -0.2) is 29.9 Å². The van der Waals surface area contributed by atoms with Gasteiger partial charge >= 0.3 is 0 Å². The second kappa shape index (κ2) is 6.75. The average molecular weight is 275 g/mol. The first-order chi connectivity index (χ1) is 9.60. The Kier molecular flexibility index (Phi) is 5.01. The molecule has 2 rings (SSSR count). The Morgan fingerprint density at radius 2 is 2.25 bits per heavy atom. The van der Waals surface area contributed by atoms with Gasteiger partial charge in [0.25, 0.3) is 0 Å². The Hall–Kier alpha value is -1.55. The Balaban J connectivity index is 1.94. The van der Waals surface area contributed by atoms with Crippen LogP contribution >= 0.6 is 0 Å². The number of amides is 1. The number of hydrogen-bond acceptors (Lipinski definition) is 3. The number of nitrogens with zero attached hydrogens (tertiary/aromatic N) is 1. The number of benzene rings is 1. The van der Waals surface area contributed by atoms with Gasteiger partial charge in [0.2, 0.25) is 5.91 Å². The van der Waals surface area contributed by atoms with Crippen LogP contribution in [0.2, 0.25) is 0 Å². The van der Waals surface area contributed by atoms with Crippen molar-refractivity contribution in [2.45, 2.75) is 45.6 Å². The minimum absolute atomic E-state index is 0.0286. The number of nitrogen functional groups attached to an aromatic ring is 1. The highest BCUT2D eigenvalue weighted by Crippen LogP contribution is 2.21. The second-order valence-electron chi connectivity index (χ2n) is 5.67. The zero-order valence-corrected chi connectivity index (χ0v) is 12.5. The lowest BCUT2D eigenvalue weighted by Crippen LogP contribution is -2.43. The highest BCUT2D eigenvalue weighted by Gasteiger charge is 2.22. The fraction of sp³-hybridized carbons (Fsp3) is 0.562. The maximum Gasteiger partial charge on any atom is 0.238 e. The van der Waals surface area contributed by atoms with Gasteiger partial charge in [-0.05, 0) is 50.4 Å². The summed E-state index contributed by atoms with van der Waals surface area (Å²) < 4.78 is 0. The second-order valence-corrected chi connectivity index (χ2v) is 5.67. The van der Waals surface area contributed by atoms with Crippen LogP contribution in [0.25, 0.3) is 0 Å². The van der Waals surface area contributed by atoms with E-state index in [9.17, 15) is 4.79 Å². The van der Waals surface area contributed by atoms with E-state index in [1.165, 1.54) is 19.3 Å². The zero-order valence-electron chi connectivity index (χ0n) is 12.5. The molecule has 4 nitrogen and oxygen atoms in total. The van der Waals surface area contributed by atoms with Crippen LogP contribution in [0, 0.1) is 6.92 Å². The van der Waals surface area contributed by atoms with Gasteiger partial charge in [-0.2, -0.15) is 0 Å². The maximum atomic E-state index is 12.2. The molecule has 0 spiro atoms. The fourth-order valence-corrected chi connectivity index (χ4v) is 2.90. The molecule has 1 aromatic carbocycles. The van der Waals surface area contributed by atoms with Crippen LogP contribution in [0.4, 0.5) is 11.4 Å². The molecule has 1 unspecified atom stereocenters. The van der Waals surface area contributed by atoms with Gasteiger partial charge in [0.15, 0.2) is 0 Å². The SMILES string of the molecule is CCC1CCCCN1CC(=O)Nc1ccc(C)cc1N. The summed E-state index contributed by atoms with van der Waals surface area (Å²) in [5.74, 6) is 0.0286. The van der Waals surface area contributed by atoms with Crippen LogP contribution in [0.1, 0.15) is 38.2 Å². The van der Waals surface area contributed by atoms with Crippen LogP contribution in [0.15, 0.2) is 18.2 Å². The molecule has 20 heavy (non-hydrogen) atoms. The van der Waals surface area contributed by atoms with E-state index in [2.05, 4.69) is 17.1 Å². The average Bonchev–Trinajstić information content (AvgIpc) is 2.42. The van der Waals surface area contributed by atoms with Crippen molar-refractivity contribution in [1.82, 2.24) is 4.90 Å². The van der Waals surface area contributed by atoms with Crippen LogP contribution < -0.4 is 11.1 Å². The molecule has 1 fully saturated rings. The first-order valence-electron chi connectivity index (χ1n) is 7.50. The summed E-state index contributed by atoms with van der Waals surface area (Å²) >= 11 is 0. The minimum atomic E-state index is 0.0286. The number of piperidine rings is 1. The molecule has 0 saturated carbocycles. The summed E-state index contributed by atoms with van der Waals surface area (Å²) in [6.07, 6.45) is 4.79. The largest absolute Gasteiger partial charge is 0.397 e. The summed E-state index contributed by atoms with van der Waals surface area (Å²) in [5, 5.41) is 2.92. The van der Waals surface area contributed by atoms with Gasteiger partial charge in [-0.25, -0.2) is 0 Å². The van der Waals surface area contributed by atoms with E-state index in [1.807, 2.05) is 25.1 Å². The zero-order chi connectivity index (χ0) is 14.5. The van der Waals surface area contributed by atoms with Crippen molar-refractivity contribution in [3.05, 3.63) is 23.8 Å². The van der Waals surface area contributed by atoms with E-state index in [4.69, 9.17) is 5.73 Å². The lowest BCUT2D eigenvalue weighted by Gasteiger charge is -2.34. The van der Waals surface area contributed by atoms with E-state index in [-0.39, 0.29) is 5.91 Å². The summed E-state index contributed by atoms with van der Waals surface area (Å²) in [4.78, 5) is 14.5. The lowest BCUT2D eigenvalue weighted by molar-refractivity contribution is -0.118. The number of rotatable bonds is 4. The third-order valence-corrected chi connectivity index (χ3v) is 4.05. The molecule has 1 saturated heterocycles. The monoisotopic (exact) mass is 275 g/mol. The van der Waals surface area contributed by atoms with Gasteiger partial charge in [0, 0.05) is 6.04 Å². The molecular formula is C16H25N3O. The molecule has 1 aliphatic heterocycles. The van der Waals surface area contributed by atoms with Crippen molar-refractivity contribution < 1.29 is 4.79 Å². The van der Waals surface area contributed by atoms with Crippen molar-refractivity contribution in [3.8, 4) is 0 Å². The molecule has 110 valence electrons. The van der Waals surface area contributed by atoms with E-state index >= 15 is 0 Å². The molecule has 1 aliphatic rings. The number of nitrogens with two attached hydrogens (primary N) is 1. The molecule has 4 heteroatoms. The Labute approximate surface area is 121 Å². The summed E-state index contributed by atoms with van der Waals surface area (Å²) in [6, 6.07) is 6.26. The van der Waals surface area contributed by atoms with Gasteiger partial charge < -0.3 is 11.1 Å². The highest BCUT2D eigenvalue weighted by molar-refractivity contribution is 5.95. The van der Waals surface area contributed by atoms with Crippen molar-refractivity contribution >= 4 is 17.3 Å². The molecule has 1 aromatic rings. The number of likely N-dealkylation sites (tertiary alicyclic amines) is 1. The van der Waals surface area contributed by atoms with Crippen molar-refractivity contribution in [3.63, 3.8) is 0 Å². The summed E-state index contributed by atoms with van der Waals surface area (Å²) in [7, 11) is 0. The number of nitrogens with one attached hydrogen (secondary N) is 1. The van der Waals surface area contributed by atoms with E-state index in [1.54, 1.807) is 0 Å². The predicted octanol–water partition coefficient (Wildman–Crippen LogP) is 2.78. The smallest absolute Gasteiger partial charge is 0.238 e. The van der Waals surface area contributed by atoms with E-state index in [0.717, 1.165) is 18.5 Å². The normalized spacial score (nSPS) is 19.8. The Morgan fingerprint density at radius 3 is 2.95 bits per heavy atom. The molecule has 1 heterocycles. The van der Waals surface area contributed by atoms with Gasteiger partial charge in [0.1, 0.15) is 0 Å². The summed E-state index contributed by atoms with van der Waals surface area (Å²) in [6.45, 7) is 5.67. The van der Waals surface area contributed by atoms with Crippen LogP contribution in [-0.2, 0) is 4.79 Å². The third kappa shape index (κ3) is 3.73. The maximum absolute atomic E-state index is 12.2. The fourth-order valence-electron chi connectivity index (χ4n) is 2.90. The molecule has 0 radical (unpaired) electrons. The van der Waals surface area contributed by atoms with Gasteiger partial charge in [-0.1, -0.05) is 19.4 Å². The standard InChI is InChI=1S/C16H25N3O/c1-3-13-6-4-5-9-19(13)11-16(20)18-15-8-7-12(2)10-14(15)17/h7-8,10,13H,3-6,9,11,17H2,1-2H3,(H,18,20). The quantitative estimate of drug-likeness (QED) is 0.831. The van der Waals surface area contributed by atoms with Crippen molar-refractivity contribution in [2.24, 2.45) is 0 Å². The minimum Gasteiger partial charge on any atom is -0.397 e. The number of hydrogen-bond donors (Lipinski definition) is 2. The number of carbonyl (C=O) groups is 1. The van der Waals surface area contributed by atoms with E-state index < -0.39 is 0 Å². The van der Waals surface area contributed by atoms with Gasteiger partial charge in [0.05, 0.1) is 17.9 Å². The Morgan fingerprint density at radius 1 is 1.45 bits per heavy atom.